The summed E-state index contributed by atoms with van der Waals surface area (Å²) in [6.45, 7) is 3.44. The number of hydrogen-bond acceptors (Lipinski definition) is 2. The van der Waals surface area contributed by atoms with Crippen molar-refractivity contribution in [2.24, 2.45) is 11.7 Å². The third-order valence-electron chi connectivity index (χ3n) is 2.02. The second kappa shape index (κ2) is 5.56. The molecule has 0 saturated heterocycles. The Morgan fingerprint density at radius 2 is 2.06 bits per heavy atom. The van der Waals surface area contributed by atoms with Crippen LogP contribution in [0.4, 0.5) is 0 Å². The number of carbonyl (C=O) groups is 1. The van der Waals surface area contributed by atoms with Crippen molar-refractivity contribution in [2.45, 2.75) is 13.8 Å². The van der Waals surface area contributed by atoms with Crippen molar-refractivity contribution in [2.75, 3.05) is 0 Å². The van der Waals surface area contributed by atoms with Crippen LogP contribution in [0.25, 0.3) is 0 Å². The van der Waals surface area contributed by atoms with Gasteiger partial charge in [0.1, 0.15) is 5.76 Å². The fourth-order valence-electron chi connectivity index (χ4n) is 1.36. The third kappa shape index (κ3) is 3.59. The molecule has 1 heterocycles. The number of amides is 1. The number of primary amides is 1. The lowest BCUT2D eigenvalue weighted by atomic mass is 9.94. The van der Waals surface area contributed by atoms with E-state index in [1.54, 1.807) is 6.08 Å². The molecule has 4 heteroatoms. The Hall–Kier alpha value is -1.48. The van der Waals surface area contributed by atoms with E-state index in [0.717, 1.165) is 5.76 Å². The van der Waals surface area contributed by atoms with Crippen LogP contribution in [0.2, 0.25) is 0 Å². The predicted octanol–water partition coefficient (Wildman–Crippen LogP) is 2.60. The van der Waals surface area contributed by atoms with E-state index < -0.39 is 0 Å². The molecule has 2 N–H and O–H groups in total. The molecule has 3 nitrogen and oxygen atoms in total. The van der Waals surface area contributed by atoms with Crippen LogP contribution < -0.4 is 5.73 Å². The van der Waals surface area contributed by atoms with Gasteiger partial charge in [0.25, 0.3) is 0 Å². The molecule has 0 aromatic heterocycles. The van der Waals surface area contributed by atoms with E-state index in [1.165, 1.54) is 12.5 Å². The summed E-state index contributed by atoms with van der Waals surface area (Å²) in [5.74, 6) is 0.962. The standard InChI is InChI=1S/C10H9ClO.C2H5NO/c1-7-3-2-4-9-8(7)5-6-10(11)12-9;1-2(3)4/h2-7H,1H3;1H3,(H2,3,4). The highest BCUT2D eigenvalue weighted by Crippen LogP contribution is 2.31. The molecule has 0 radical (unpaired) electrons. The van der Waals surface area contributed by atoms with Gasteiger partial charge in [0.05, 0.1) is 0 Å². The van der Waals surface area contributed by atoms with Crippen molar-refractivity contribution in [1.29, 1.82) is 0 Å². The van der Waals surface area contributed by atoms with Crippen molar-refractivity contribution in [3.63, 3.8) is 0 Å². The summed E-state index contributed by atoms with van der Waals surface area (Å²) < 4.78 is 5.33. The van der Waals surface area contributed by atoms with Crippen molar-refractivity contribution in [3.05, 3.63) is 46.9 Å². The molecular formula is C12H14ClNO2. The van der Waals surface area contributed by atoms with Gasteiger partial charge in [-0.1, -0.05) is 25.2 Å². The van der Waals surface area contributed by atoms with Crippen LogP contribution in [0.15, 0.2) is 46.9 Å². The maximum Gasteiger partial charge on any atom is 0.214 e. The summed E-state index contributed by atoms with van der Waals surface area (Å²) in [5, 5.41) is 0.438. The zero-order chi connectivity index (χ0) is 12.1. The lowest BCUT2D eigenvalue weighted by molar-refractivity contribution is -0.115. The van der Waals surface area contributed by atoms with Crippen LogP contribution in [0.1, 0.15) is 13.8 Å². The molecule has 2 rings (SSSR count). The van der Waals surface area contributed by atoms with E-state index in [1.807, 2.05) is 18.2 Å². The van der Waals surface area contributed by atoms with Crippen molar-refractivity contribution >= 4 is 17.5 Å². The Morgan fingerprint density at radius 1 is 1.44 bits per heavy atom. The molecule has 2 aliphatic rings. The minimum Gasteiger partial charge on any atom is -0.445 e. The van der Waals surface area contributed by atoms with Crippen LogP contribution >= 0.6 is 11.6 Å². The molecule has 1 unspecified atom stereocenters. The first kappa shape index (κ1) is 12.6. The average Bonchev–Trinajstić information content (AvgIpc) is 2.16. The number of halogens is 1. The van der Waals surface area contributed by atoms with E-state index in [9.17, 15) is 4.79 Å². The lowest BCUT2D eigenvalue weighted by Crippen LogP contribution is -2.07. The van der Waals surface area contributed by atoms with Crippen LogP contribution in [-0.4, -0.2) is 5.91 Å². The molecule has 1 aliphatic carbocycles. The van der Waals surface area contributed by atoms with Gasteiger partial charge in [-0.2, -0.15) is 0 Å². The number of ether oxygens (including phenoxy) is 1. The monoisotopic (exact) mass is 239 g/mol. The van der Waals surface area contributed by atoms with Crippen LogP contribution in [0.3, 0.4) is 0 Å². The molecule has 1 atom stereocenters. The Bertz CT molecular complexity index is 401. The molecule has 0 spiro atoms. The van der Waals surface area contributed by atoms with Gasteiger partial charge in [-0.3, -0.25) is 4.79 Å². The highest BCUT2D eigenvalue weighted by Gasteiger charge is 2.18. The van der Waals surface area contributed by atoms with Gasteiger partial charge in [-0.15, -0.1) is 0 Å². The second-order valence-corrected chi connectivity index (χ2v) is 3.88. The second-order valence-electron chi connectivity index (χ2n) is 3.51. The Morgan fingerprint density at radius 3 is 2.69 bits per heavy atom. The molecule has 1 aliphatic heterocycles. The summed E-state index contributed by atoms with van der Waals surface area (Å²) in [6.07, 6.45) is 9.84. The largest absolute Gasteiger partial charge is 0.445 e. The summed E-state index contributed by atoms with van der Waals surface area (Å²) in [5.41, 5.74) is 5.67. The molecule has 0 fully saturated rings. The number of allylic oxidation sites excluding steroid dienone is 6. The highest BCUT2D eigenvalue weighted by atomic mass is 35.5. The topological polar surface area (TPSA) is 52.3 Å². The van der Waals surface area contributed by atoms with E-state index in [0.29, 0.717) is 11.1 Å². The Kier molecular flexibility index (Phi) is 4.38. The van der Waals surface area contributed by atoms with Gasteiger partial charge in [0.15, 0.2) is 5.22 Å². The van der Waals surface area contributed by atoms with Crippen LogP contribution in [0, 0.1) is 5.92 Å². The van der Waals surface area contributed by atoms with Crippen molar-refractivity contribution in [1.82, 2.24) is 0 Å². The zero-order valence-electron chi connectivity index (χ0n) is 9.24. The molecule has 86 valence electrons. The van der Waals surface area contributed by atoms with E-state index in [-0.39, 0.29) is 5.91 Å². The molecule has 0 bridgehead atoms. The summed E-state index contributed by atoms with van der Waals surface area (Å²) in [7, 11) is 0. The van der Waals surface area contributed by atoms with E-state index >= 15 is 0 Å². The van der Waals surface area contributed by atoms with Gasteiger partial charge in [-0.25, -0.2) is 0 Å². The molecule has 0 aromatic rings. The fraction of sp³-hybridized carbons (Fsp3) is 0.250. The number of fused-ring (bicyclic) bond motifs is 1. The smallest absolute Gasteiger partial charge is 0.214 e. The minimum atomic E-state index is -0.333. The maximum absolute atomic E-state index is 9.22. The van der Waals surface area contributed by atoms with E-state index in [4.69, 9.17) is 16.3 Å². The molecule has 0 saturated carbocycles. The lowest BCUT2D eigenvalue weighted by Gasteiger charge is -2.21. The highest BCUT2D eigenvalue weighted by molar-refractivity contribution is 6.28. The normalized spacial score (nSPS) is 21.4. The number of hydrogen-bond donors (Lipinski definition) is 1. The summed E-state index contributed by atoms with van der Waals surface area (Å²) >= 11 is 5.71. The van der Waals surface area contributed by atoms with E-state index in [2.05, 4.69) is 18.7 Å². The Balaban J connectivity index is 0.000000280. The number of carbonyl (C=O) groups excluding carboxylic acids is 1. The first-order chi connectivity index (χ1) is 7.50. The number of rotatable bonds is 0. The van der Waals surface area contributed by atoms with Gasteiger partial charge in [0.2, 0.25) is 5.91 Å². The SMILES string of the molecule is CC(N)=O.CC1C=CC=C2OC(Cl)=CC=C21. The van der Waals surface area contributed by atoms with Gasteiger partial charge < -0.3 is 10.5 Å². The van der Waals surface area contributed by atoms with Crippen LogP contribution in [0.5, 0.6) is 0 Å². The minimum absolute atomic E-state index is 0.333. The summed E-state index contributed by atoms with van der Waals surface area (Å²) in [4.78, 5) is 9.22. The Labute approximate surface area is 99.9 Å². The third-order valence-corrected chi connectivity index (χ3v) is 2.23. The van der Waals surface area contributed by atoms with Gasteiger partial charge in [0, 0.05) is 18.4 Å². The van der Waals surface area contributed by atoms with Crippen molar-refractivity contribution < 1.29 is 9.53 Å². The van der Waals surface area contributed by atoms with Crippen molar-refractivity contribution in [3.8, 4) is 0 Å². The zero-order valence-corrected chi connectivity index (χ0v) is 9.99. The average molecular weight is 240 g/mol. The maximum atomic E-state index is 9.22. The predicted molar refractivity (Wildman–Crippen MR) is 64.4 cm³/mol. The van der Waals surface area contributed by atoms with Gasteiger partial charge >= 0.3 is 0 Å². The van der Waals surface area contributed by atoms with Gasteiger partial charge in [-0.05, 0) is 23.8 Å². The molecular weight excluding hydrogens is 226 g/mol. The molecule has 16 heavy (non-hydrogen) atoms. The quantitative estimate of drug-likeness (QED) is 0.707. The summed E-state index contributed by atoms with van der Waals surface area (Å²) in [6, 6.07) is 0. The molecule has 0 aromatic carbocycles. The number of nitrogens with two attached hydrogens (primary N) is 1. The molecule has 1 amide bonds. The van der Waals surface area contributed by atoms with Crippen LogP contribution in [-0.2, 0) is 9.53 Å². The first-order valence-electron chi connectivity index (χ1n) is 4.91. The first-order valence-corrected chi connectivity index (χ1v) is 5.28. The fourth-order valence-corrected chi connectivity index (χ4v) is 1.50.